The van der Waals surface area contributed by atoms with Gasteiger partial charge in [-0.2, -0.15) is 0 Å². The molecule has 7 nitrogen and oxygen atoms in total. The van der Waals surface area contributed by atoms with Gasteiger partial charge in [-0.25, -0.2) is 24.3 Å². The number of nitrogens with zero attached hydrogens (tertiary/aromatic N) is 5. The minimum Gasteiger partial charge on any atom is -0.386 e. The Morgan fingerprint density at radius 3 is 2.89 bits per heavy atom. The molecule has 2 aliphatic carbocycles. The molecule has 0 aromatic carbocycles. The van der Waals surface area contributed by atoms with E-state index in [0.29, 0.717) is 28.6 Å². The summed E-state index contributed by atoms with van der Waals surface area (Å²) in [6, 6.07) is 3.91. The van der Waals surface area contributed by atoms with Crippen molar-refractivity contribution in [3.63, 3.8) is 0 Å². The molecule has 0 amide bonds. The highest BCUT2D eigenvalue weighted by Crippen LogP contribution is 2.60. The molecule has 144 valence electrons. The molecule has 0 bridgehead atoms. The standard InChI is InChI=1S/C20H21N5O2S/c1-3-10-24-18(27)13-11-21-19(28-2)23-17(13)25(24)14-5-4-12-6-7-20(8-9-20)16(26)15(12)22-14/h3-5,11,16,26H,1,6-10H2,2H3. The Bertz CT molecular complexity index is 1160. The molecule has 1 atom stereocenters. The zero-order valence-corrected chi connectivity index (χ0v) is 16.4. The first-order valence-electron chi connectivity index (χ1n) is 9.40. The Hall–Kier alpha value is -2.45. The minimum atomic E-state index is -0.547. The lowest BCUT2D eigenvalue weighted by atomic mass is 9.82. The molecule has 0 saturated heterocycles. The lowest BCUT2D eigenvalue weighted by molar-refractivity contribution is 0.0734. The highest BCUT2D eigenvalue weighted by molar-refractivity contribution is 7.98. The monoisotopic (exact) mass is 395 g/mol. The number of allylic oxidation sites excluding steroid dienone is 1. The first-order valence-corrected chi connectivity index (χ1v) is 10.6. The second-order valence-electron chi connectivity index (χ2n) is 7.56. The molecule has 1 saturated carbocycles. The van der Waals surface area contributed by atoms with Gasteiger partial charge >= 0.3 is 0 Å². The van der Waals surface area contributed by atoms with Crippen LogP contribution in [-0.4, -0.2) is 35.7 Å². The van der Waals surface area contributed by atoms with E-state index in [9.17, 15) is 9.90 Å². The molecule has 1 N–H and O–H groups in total. The van der Waals surface area contributed by atoms with Crippen molar-refractivity contribution in [2.24, 2.45) is 5.41 Å². The summed E-state index contributed by atoms with van der Waals surface area (Å²) in [5.74, 6) is 0.579. The summed E-state index contributed by atoms with van der Waals surface area (Å²) < 4.78 is 3.29. The lowest BCUT2D eigenvalue weighted by Gasteiger charge is -2.29. The largest absolute Gasteiger partial charge is 0.386 e. The predicted molar refractivity (Wildman–Crippen MR) is 108 cm³/mol. The number of aliphatic hydroxyl groups is 1. The van der Waals surface area contributed by atoms with Crippen molar-refractivity contribution in [3.8, 4) is 5.82 Å². The Labute approximate surface area is 166 Å². The Morgan fingerprint density at radius 1 is 1.36 bits per heavy atom. The van der Waals surface area contributed by atoms with Crippen LogP contribution in [-0.2, 0) is 13.0 Å². The number of hydrogen-bond acceptors (Lipinski definition) is 6. The maximum atomic E-state index is 12.9. The van der Waals surface area contributed by atoms with Gasteiger partial charge in [0, 0.05) is 11.6 Å². The van der Waals surface area contributed by atoms with Crippen molar-refractivity contribution in [3.05, 3.63) is 52.6 Å². The van der Waals surface area contributed by atoms with Crippen molar-refractivity contribution in [1.82, 2.24) is 24.3 Å². The van der Waals surface area contributed by atoms with Crippen LogP contribution >= 0.6 is 11.8 Å². The van der Waals surface area contributed by atoms with Crippen LogP contribution in [0.1, 0.15) is 36.6 Å². The van der Waals surface area contributed by atoms with E-state index in [4.69, 9.17) is 4.98 Å². The normalized spacial score (nSPS) is 19.7. The van der Waals surface area contributed by atoms with Gasteiger partial charge < -0.3 is 5.11 Å². The van der Waals surface area contributed by atoms with Crippen molar-refractivity contribution in [2.45, 2.75) is 43.5 Å². The van der Waals surface area contributed by atoms with Crippen LogP contribution in [0.15, 0.2) is 40.9 Å². The Morgan fingerprint density at radius 2 is 2.18 bits per heavy atom. The summed E-state index contributed by atoms with van der Waals surface area (Å²) in [6.45, 7) is 4.10. The van der Waals surface area contributed by atoms with Crippen LogP contribution in [0.5, 0.6) is 0 Å². The van der Waals surface area contributed by atoms with Gasteiger partial charge in [0.2, 0.25) is 0 Å². The first-order chi connectivity index (χ1) is 13.6. The third-order valence-electron chi connectivity index (χ3n) is 5.98. The van der Waals surface area contributed by atoms with Crippen LogP contribution < -0.4 is 5.56 Å². The van der Waals surface area contributed by atoms with Crippen molar-refractivity contribution >= 4 is 22.8 Å². The molecule has 0 aliphatic heterocycles. The second-order valence-corrected chi connectivity index (χ2v) is 8.33. The SMILES string of the molecule is C=CCn1c(=O)c2cnc(SC)nc2n1-c1ccc2c(n1)C(O)C1(CC2)CC1. The van der Waals surface area contributed by atoms with Gasteiger partial charge in [0.1, 0.15) is 11.5 Å². The van der Waals surface area contributed by atoms with Gasteiger partial charge in [-0.15, -0.1) is 6.58 Å². The van der Waals surface area contributed by atoms with Gasteiger partial charge in [-0.05, 0) is 43.6 Å². The fraction of sp³-hybridized carbons (Fsp3) is 0.400. The quantitative estimate of drug-likeness (QED) is 0.415. The molecule has 3 aromatic rings. The van der Waals surface area contributed by atoms with E-state index < -0.39 is 6.10 Å². The molecule has 1 spiro atoms. The number of aromatic nitrogens is 5. The third-order valence-corrected chi connectivity index (χ3v) is 6.54. The molecule has 28 heavy (non-hydrogen) atoms. The number of rotatable bonds is 4. The predicted octanol–water partition coefficient (Wildman–Crippen LogP) is 2.64. The van der Waals surface area contributed by atoms with Gasteiger partial charge in [0.25, 0.3) is 5.56 Å². The average Bonchev–Trinajstić information content (AvgIpc) is 3.45. The molecule has 3 aromatic heterocycles. The highest BCUT2D eigenvalue weighted by atomic mass is 32.2. The van der Waals surface area contributed by atoms with Gasteiger partial charge in [0.05, 0.1) is 12.2 Å². The zero-order chi connectivity index (χ0) is 19.5. The summed E-state index contributed by atoms with van der Waals surface area (Å²) in [6.07, 6.45) is 8.64. The van der Waals surface area contributed by atoms with Gasteiger partial charge in [-0.1, -0.05) is 23.9 Å². The van der Waals surface area contributed by atoms with Crippen molar-refractivity contribution < 1.29 is 5.11 Å². The molecule has 8 heteroatoms. The van der Waals surface area contributed by atoms with Crippen LogP contribution in [0.25, 0.3) is 16.9 Å². The fourth-order valence-corrected chi connectivity index (χ4v) is 4.52. The van der Waals surface area contributed by atoms with E-state index in [-0.39, 0.29) is 11.0 Å². The van der Waals surface area contributed by atoms with Crippen LogP contribution in [0.3, 0.4) is 0 Å². The van der Waals surface area contributed by atoms with Gasteiger partial charge in [0.15, 0.2) is 16.6 Å². The first kappa shape index (κ1) is 17.6. The van der Waals surface area contributed by atoms with Crippen LogP contribution in [0.4, 0.5) is 0 Å². The smallest absolute Gasteiger partial charge is 0.278 e. The van der Waals surface area contributed by atoms with Crippen LogP contribution in [0, 0.1) is 5.41 Å². The number of aryl methyl sites for hydroxylation is 1. The molecule has 1 fully saturated rings. The van der Waals surface area contributed by atoms with E-state index in [2.05, 4.69) is 16.5 Å². The minimum absolute atomic E-state index is 0.00630. The van der Waals surface area contributed by atoms with E-state index >= 15 is 0 Å². The molecule has 3 heterocycles. The number of pyridine rings is 1. The summed E-state index contributed by atoms with van der Waals surface area (Å²) in [5.41, 5.74) is 2.17. The van der Waals surface area contributed by atoms with Gasteiger partial charge in [-0.3, -0.25) is 4.79 Å². The summed E-state index contributed by atoms with van der Waals surface area (Å²) in [5, 5.41) is 11.9. The second kappa shape index (κ2) is 6.28. The molecule has 1 unspecified atom stereocenters. The molecule has 5 rings (SSSR count). The average molecular weight is 395 g/mol. The highest BCUT2D eigenvalue weighted by Gasteiger charge is 2.52. The summed E-state index contributed by atoms with van der Waals surface area (Å²) in [7, 11) is 0. The summed E-state index contributed by atoms with van der Waals surface area (Å²) in [4.78, 5) is 26.5. The van der Waals surface area contributed by atoms with E-state index in [1.807, 2.05) is 18.4 Å². The maximum Gasteiger partial charge on any atom is 0.278 e. The Kier molecular flexibility index (Phi) is 3.96. The number of thioether (sulfide) groups is 1. The zero-order valence-electron chi connectivity index (χ0n) is 15.6. The molecule has 0 radical (unpaired) electrons. The van der Waals surface area contributed by atoms with Crippen molar-refractivity contribution in [1.29, 1.82) is 0 Å². The van der Waals surface area contributed by atoms with E-state index in [1.54, 1.807) is 21.6 Å². The molecular formula is C20H21N5O2S. The number of aliphatic hydroxyl groups excluding tert-OH is 1. The van der Waals surface area contributed by atoms with E-state index in [1.165, 1.54) is 11.8 Å². The molecule has 2 aliphatic rings. The van der Waals surface area contributed by atoms with Crippen molar-refractivity contribution in [2.75, 3.05) is 6.26 Å². The number of hydrogen-bond donors (Lipinski definition) is 1. The van der Waals surface area contributed by atoms with Crippen LogP contribution in [0.2, 0.25) is 0 Å². The lowest BCUT2D eigenvalue weighted by Crippen LogP contribution is -2.25. The maximum absolute atomic E-state index is 12.9. The third kappa shape index (κ3) is 2.48. The number of fused-ring (bicyclic) bond motifs is 2. The fourth-order valence-electron chi connectivity index (χ4n) is 4.18. The summed E-state index contributed by atoms with van der Waals surface area (Å²) >= 11 is 1.42. The Balaban J connectivity index is 1.75. The van der Waals surface area contributed by atoms with E-state index in [0.717, 1.165) is 36.9 Å². The topological polar surface area (TPSA) is 85.8 Å². The molecular weight excluding hydrogens is 374 g/mol.